The van der Waals surface area contributed by atoms with Crippen molar-refractivity contribution in [3.05, 3.63) is 70.7 Å². The zero-order valence-corrected chi connectivity index (χ0v) is 19.7. The van der Waals surface area contributed by atoms with Crippen LogP contribution in [-0.4, -0.2) is 35.5 Å². The minimum absolute atomic E-state index is 0.263. The van der Waals surface area contributed by atoms with Crippen molar-refractivity contribution in [3.63, 3.8) is 0 Å². The lowest BCUT2D eigenvalue weighted by Gasteiger charge is -2.35. The molecule has 2 aromatic carbocycles. The van der Waals surface area contributed by atoms with Crippen molar-refractivity contribution in [2.24, 2.45) is 0 Å². The lowest BCUT2D eigenvalue weighted by molar-refractivity contribution is 0.0695. The fourth-order valence-electron chi connectivity index (χ4n) is 4.19. The SMILES string of the molecule is COc1ccc(CC(C)(C)F)cc1C(O)(CNC1CCC1)c1ccc(-c2nccs2)cc1. The number of hydrogen-bond donors (Lipinski definition) is 2. The van der Waals surface area contributed by atoms with Crippen molar-refractivity contribution >= 4 is 11.3 Å². The first kappa shape index (κ1) is 22.9. The van der Waals surface area contributed by atoms with Crippen LogP contribution in [0.3, 0.4) is 0 Å². The van der Waals surface area contributed by atoms with Crippen molar-refractivity contribution in [2.75, 3.05) is 13.7 Å². The number of methoxy groups -OCH3 is 1. The topological polar surface area (TPSA) is 54.4 Å². The van der Waals surface area contributed by atoms with Crippen molar-refractivity contribution in [2.45, 2.75) is 56.8 Å². The second-order valence-electron chi connectivity index (χ2n) is 9.21. The second kappa shape index (κ2) is 9.30. The predicted octanol–water partition coefficient (Wildman–Crippen LogP) is 5.49. The largest absolute Gasteiger partial charge is 0.496 e. The molecule has 1 saturated carbocycles. The molecule has 1 aliphatic carbocycles. The molecular formula is C26H31FN2O2S. The number of thiazole rings is 1. The minimum Gasteiger partial charge on any atom is -0.496 e. The maximum atomic E-state index is 14.4. The Hall–Kier alpha value is -2.28. The molecule has 1 heterocycles. The third-order valence-corrected chi connectivity index (χ3v) is 6.95. The Morgan fingerprint density at radius 1 is 1.19 bits per heavy atom. The van der Waals surface area contributed by atoms with Crippen LogP contribution in [0.15, 0.2) is 54.0 Å². The fourth-order valence-corrected chi connectivity index (χ4v) is 4.83. The molecule has 32 heavy (non-hydrogen) atoms. The van der Waals surface area contributed by atoms with E-state index in [2.05, 4.69) is 10.3 Å². The van der Waals surface area contributed by atoms with E-state index in [-0.39, 0.29) is 6.42 Å². The first-order chi connectivity index (χ1) is 15.3. The van der Waals surface area contributed by atoms with E-state index in [9.17, 15) is 9.50 Å². The molecule has 170 valence electrons. The number of aromatic nitrogens is 1. The Balaban J connectivity index is 1.74. The van der Waals surface area contributed by atoms with Crippen LogP contribution in [0.25, 0.3) is 10.6 Å². The number of benzene rings is 2. The fraction of sp³-hybridized carbons (Fsp3) is 0.423. The summed E-state index contributed by atoms with van der Waals surface area (Å²) in [6, 6.07) is 13.9. The van der Waals surface area contributed by atoms with Gasteiger partial charge in [0, 0.05) is 41.7 Å². The number of halogens is 1. The Morgan fingerprint density at radius 2 is 1.94 bits per heavy atom. The lowest BCUT2D eigenvalue weighted by Crippen LogP contribution is -2.46. The van der Waals surface area contributed by atoms with Crippen LogP contribution in [0.1, 0.15) is 49.8 Å². The Kier molecular flexibility index (Phi) is 6.65. The van der Waals surface area contributed by atoms with Gasteiger partial charge in [-0.15, -0.1) is 11.3 Å². The number of aliphatic hydroxyl groups is 1. The summed E-state index contributed by atoms with van der Waals surface area (Å²) in [6.45, 7) is 3.49. The van der Waals surface area contributed by atoms with Gasteiger partial charge in [-0.1, -0.05) is 36.8 Å². The van der Waals surface area contributed by atoms with Gasteiger partial charge in [0.05, 0.1) is 7.11 Å². The number of nitrogens with zero attached hydrogens (tertiary/aromatic N) is 1. The van der Waals surface area contributed by atoms with Gasteiger partial charge >= 0.3 is 0 Å². The van der Waals surface area contributed by atoms with Gasteiger partial charge in [-0.05, 0) is 49.9 Å². The maximum absolute atomic E-state index is 14.4. The minimum atomic E-state index is -1.34. The van der Waals surface area contributed by atoms with Crippen molar-refractivity contribution < 1.29 is 14.2 Å². The summed E-state index contributed by atoms with van der Waals surface area (Å²) < 4.78 is 20.0. The van der Waals surface area contributed by atoms with Crippen LogP contribution >= 0.6 is 11.3 Å². The summed E-state index contributed by atoms with van der Waals surface area (Å²) in [5.41, 5.74) is 0.588. The van der Waals surface area contributed by atoms with Gasteiger partial charge < -0.3 is 15.2 Å². The molecule has 4 rings (SSSR count). The van der Waals surface area contributed by atoms with Gasteiger partial charge in [0.1, 0.15) is 22.0 Å². The van der Waals surface area contributed by atoms with Crippen LogP contribution < -0.4 is 10.1 Å². The first-order valence-electron chi connectivity index (χ1n) is 11.1. The van der Waals surface area contributed by atoms with Gasteiger partial charge in [0.2, 0.25) is 0 Å². The van der Waals surface area contributed by atoms with Crippen LogP contribution in [0.4, 0.5) is 4.39 Å². The summed E-state index contributed by atoms with van der Waals surface area (Å²) in [5.74, 6) is 0.590. The molecule has 1 aliphatic rings. The molecule has 0 amide bonds. The first-order valence-corrected chi connectivity index (χ1v) is 12.0. The second-order valence-corrected chi connectivity index (χ2v) is 10.1. The quantitative estimate of drug-likeness (QED) is 0.449. The van der Waals surface area contributed by atoms with E-state index in [4.69, 9.17) is 4.74 Å². The highest BCUT2D eigenvalue weighted by molar-refractivity contribution is 7.13. The van der Waals surface area contributed by atoms with E-state index >= 15 is 0 Å². The molecule has 2 N–H and O–H groups in total. The normalized spacial score (nSPS) is 16.4. The smallest absolute Gasteiger partial charge is 0.131 e. The number of alkyl halides is 1. The van der Waals surface area contributed by atoms with Crippen LogP contribution in [0, 0.1) is 0 Å². The zero-order valence-electron chi connectivity index (χ0n) is 18.9. The number of nitrogens with one attached hydrogen (secondary N) is 1. The number of rotatable bonds is 9. The molecule has 1 aromatic heterocycles. The van der Waals surface area contributed by atoms with Gasteiger partial charge in [0.15, 0.2) is 0 Å². The Morgan fingerprint density at radius 3 is 2.50 bits per heavy atom. The summed E-state index contributed by atoms with van der Waals surface area (Å²) in [6.07, 6.45) is 5.50. The van der Waals surface area contributed by atoms with Crippen LogP contribution in [-0.2, 0) is 12.0 Å². The highest BCUT2D eigenvalue weighted by Gasteiger charge is 2.36. The Bertz CT molecular complexity index is 1030. The zero-order chi connectivity index (χ0) is 22.8. The molecule has 3 aromatic rings. The summed E-state index contributed by atoms with van der Waals surface area (Å²) in [7, 11) is 1.60. The van der Waals surface area contributed by atoms with E-state index in [1.807, 2.05) is 47.8 Å². The van der Waals surface area contributed by atoms with Gasteiger partial charge in [0.25, 0.3) is 0 Å². The lowest BCUT2D eigenvalue weighted by atomic mass is 9.82. The molecule has 4 nitrogen and oxygen atoms in total. The highest BCUT2D eigenvalue weighted by atomic mass is 32.1. The average molecular weight is 455 g/mol. The number of hydrogen-bond acceptors (Lipinski definition) is 5. The molecule has 0 bridgehead atoms. The molecule has 0 saturated heterocycles. The molecular weight excluding hydrogens is 423 g/mol. The molecule has 1 atom stereocenters. The van der Waals surface area contributed by atoms with Crippen molar-refractivity contribution in [1.29, 1.82) is 0 Å². The third kappa shape index (κ3) is 5.03. The van der Waals surface area contributed by atoms with Crippen LogP contribution in [0.5, 0.6) is 5.75 Å². The average Bonchev–Trinajstić information content (AvgIpc) is 3.26. The molecule has 1 unspecified atom stereocenters. The standard InChI is InChI=1S/C26H31FN2O2S/c1-25(2,27)16-18-7-12-23(31-3)22(15-18)26(30,17-29-21-5-4-6-21)20-10-8-19(9-11-20)24-28-13-14-32-24/h7-15,21,29-30H,4-6,16-17H2,1-3H3. The molecule has 6 heteroatoms. The van der Waals surface area contributed by atoms with Crippen LogP contribution in [0.2, 0.25) is 0 Å². The number of ether oxygens (including phenoxy) is 1. The maximum Gasteiger partial charge on any atom is 0.131 e. The molecule has 0 aliphatic heterocycles. The summed E-state index contributed by atoms with van der Waals surface area (Å²) in [5, 5.41) is 18.5. The Labute approximate surface area is 193 Å². The summed E-state index contributed by atoms with van der Waals surface area (Å²) in [4.78, 5) is 4.38. The highest BCUT2D eigenvalue weighted by Crippen LogP contribution is 2.38. The molecule has 0 radical (unpaired) electrons. The third-order valence-electron chi connectivity index (χ3n) is 6.13. The van der Waals surface area contributed by atoms with E-state index in [0.717, 1.165) is 34.5 Å². The molecule has 1 fully saturated rings. The monoisotopic (exact) mass is 454 g/mol. The van der Waals surface area contributed by atoms with Gasteiger partial charge in [-0.25, -0.2) is 9.37 Å². The van der Waals surface area contributed by atoms with E-state index in [1.165, 1.54) is 6.42 Å². The van der Waals surface area contributed by atoms with Crippen molar-refractivity contribution in [1.82, 2.24) is 10.3 Å². The van der Waals surface area contributed by atoms with Gasteiger partial charge in [-0.3, -0.25) is 0 Å². The van der Waals surface area contributed by atoms with E-state index in [1.54, 1.807) is 38.5 Å². The van der Waals surface area contributed by atoms with Gasteiger partial charge in [-0.2, -0.15) is 0 Å². The van der Waals surface area contributed by atoms with E-state index < -0.39 is 11.3 Å². The summed E-state index contributed by atoms with van der Waals surface area (Å²) >= 11 is 1.58. The molecule has 0 spiro atoms. The van der Waals surface area contributed by atoms with Crippen molar-refractivity contribution in [3.8, 4) is 16.3 Å². The van der Waals surface area contributed by atoms with E-state index in [0.29, 0.717) is 23.9 Å². The predicted molar refractivity (Wildman–Crippen MR) is 128 cm³/mol.